The van der Waals surface area contributed by atoms with E-state index in [-0.39, 0.29) is 17.4 Å². The summed E-state index contributed by atoms with van der Waals surface area (Å²) < 4.78 is 30.7. The van der Waals surface area contributed by atoms with E-state index >= 15 is 0 Å². The molecule has 0 aromatic heterocycles. The molecule has 4 nitrogen and oxygen atoms in total. The van der Waals surface area contributed by atoms with Crippen molar-refractivity contribution in [2.45, 2.75) is 31.6 Å². The Morgan fingerprint density at radius 1 is 1.25 bits per heavy atom. The summed E-state index contributed by atoms with van der Waals surface area (Å²) in [7, 11) is -4.08. The molecule has 0 amide bonds. The van der Waals surface area contributed by atoms with E-state index in [1.807, 2.05) is 13.8 Å². The average Bonchev–Trinajstić information content (AvgIpc) is 2.17. The Labute approximate surface area is 96.7 Å². The van der Waals surface area contributed by atoms with E-state index in [2.05, 4.69) is 0 Å². The van der Waals surface area contributed by atoms with E-state index < -0.39 is 10.1 Å². The SMILES string of the molecule is CC(C)c1ccccc1S(=O)(=O)O.CCO. The highest BCUT2D eigenvalue weighted by atomic mass is 32.2. The molecule has 0 fully saturated rings. The van der Waals surface area contributed by atoms with Crippen LogP contribution >= 0.6 is 0 Å². The third-order valence-electron chi connectivity index (χ3n) is 1.82. The molecule has 92 valence electrons. The van der Waals surface area contributed by atoms with Crippen molar-refractivity contribution in [1.82, 2.24) is 0 Å². The van der Waals surface area contributed by atoms with E-state index in [1.165, 1.54) is 6.07 Å². The van der Waals surface area contributed by atoms with E-state index in [9.17, 15) is 8.42 Å². The van der Waals surface area contributed by atoms with Gasteiger partial charge < -0.3 is 5.11 Å². The Hall–Kier alpha value is -0.910. The van der Waals surface area contributed by atoms with Crippen LogP contribution in [0.25, 0.3) is 0 Å². The molecule has 0 aliphatic rings. The topological polar surface area (TPSA) is 74.6 Å². The van der Waals surface area contributed by atoms with Crippen LogP contribution in [-0.2, 0) is 10.1 Å². The van der Waals surface area contributed by atoms with E-state index in [4.69, 9.17) is 9.66 Å². The highest BCUT2D eigenvalue weighted by molar-refractivity contribution is 7.85. The second kappa shape index (κ2) is 6.62. The van der Waals surface area contributed by atoms with Gasteiger partial charge in [-0.3, -0.25) is 4.55 Å². The highest BCUT2D eigenvalue weighted by Crippen LogP contribution is 2.22. The first-order valence-corrected chi connectivity index (χ1v) is 6.45. The van der Waals surface area contributed by atoms with Gasteiger partial charge in [-0.15, -0.1) is 0 Å². The second-order valence-electron chi connectivity index (χ2n) is 3.48. The van der Waals surface area contributed by atoms with Gasteiger partial charge >= 0.3 is 0 Å². The molecular weight excluding hydrogens is 228 g/mol. The molecule has 1 rings (SSSR count). The predicted octanol–water partition coefficient (Wildman–Crippen LogP) is 2.06. The van der Waals surface area contributed by atoms with Crippen LogP contribution < -0.4 is 0 Å². The lowest BCUT2D eigenvalue weighted by Crippen LogP contribution is -2.03. The van der Waals surface area contributed by atoms with Gasteiger partial charge in [0, 0.05) is 6.61 Å². The first kappa shape index (κ1) is 15.1. The Balaban J connectivity index is 0.000000673. The van der Waals surface area contributed by atoms with Gasteiger partial charge in [0.1, 0.15) is 0 Å². The molecule has 2 N–H and O–H groups in total. The second-order valence-corrected chi connectivity index (χ2v) is 4.87. The molecule has 0 aliphatic heterocycles. The zero-order valence-corrected chi connectivity index (χ0v) is 10.5. The van der Waals surface area contributed by atoms with Gasteiger partial charge in [0.15, 0.2) is 0 Å². The molecule has 16 heavy (non-hydrogen) atoms. The number of benzene rings is 1. The number of hydrogen-bond acceptors (Lipinski definition) is 3. The van der Waals surface area contributed by atoms with Crippen LogP contribution in [0.5, 0.6) is 0 Å². The zero-order valence-electron chi connectivity index (χ0n) is 9.71. The van der Waals surface area contributed by atoms with Crippen LogP contribution in [0, 0.1) is 0 Å². The maximum absolute atomic E-state index is 10.9. The lowest BCUT2D eigenvalue weighted by molar-refractivity contribution is 0.318. The van der Waals surface area contributed by atoms with Crippen molar-refractivity contribution in [2.24, 2.45) is 0 Å². The minimum atomic E-state index is -4.08. The van der Waals surface area contributed by atoms with Crippen molar-refractivity contribution < 1.29 is 18.1 Å². The van der Waals surface area contributed by atoms with Crippen LogP contribution in [0.15, 0.2) is 29.2 Å². The minimum Gasteiger partial charge on any atom is -0.397 e. The minimum absolute atomic E-state index is 0.00463. The molecule has 0 radical (unpaired) electrons. The first-order chi connectivity index (χ1) is 7.34. The van der Waals surface area contributed by atoms with Gasteiger partial charge in [-0.25, -0.2) is 0 Å². The molecule has 5 heteroatoms. The summed E-state index contributed by atoms with van der Waals surface area (Å²) >= 11 is 0. The van der Waals surface area contributed by atoms with Gasteiger partial charge in [0.05, 0.1) is 4.90 Å². The van der Waals surface area contributed by atoms with Crippen LogP contribution in [0.2, 0.25) is 0 Å². The molecule has 1 aromatic rings. The lowest BCUT2D eigenvalue weighted by atomic mass is 10.0. The van der Waals surface area contributed by atoms with Crippen LogP contribution in [0.3, 0.4) is 0 Å². The third kappa shape index (κ3) is 4.74. The summed E-state index contributed by atoms with van der Waals surface area (Å²) in [6, 6.07) is 6.46. The number of rotatable bonds is 2. The van der Waals surface area contributed by atoms with Crippen molar-refractivity contribution in [3.63, 3.8) is 0 Å². The summed E-state index contributed by atoms with van der Waals surface area (Å²) in [6.45, 7) is 5.69. The highest BCUT2D eigenvalue weighted by Gasteiger charge is 2.15. The lowest BCUT2D eigenvalue weighted by Gasteiger charge is -2.09. The summed E-state index contributed by atoms with van der Waals surface area (Å²) in [5.41, 5.74) is 0.644. The molecule has 0 heterocycles. The number of hydrogen-bond donors (Lipinski definition) is 2. The van der Waals surface area contributed by atoms with Crippen molar-refractivity contribution in [3.8, 4) is 0 Å². The summed E-state index contributed by atoms with van der Waals surface area (Å²) in [4.78, 5) is 0.00463. The normalized spacial score (nSPS) is 10.9. The van der Waals surface area contributed by atoms with E-state index in [0.717, 1.165) is 0 Å². The molecule has 0 aliphatic carbocycles. The zero-order chi connectivity index (χ0) is 12.8. The summed E-state index contributed by atoms with van der Waals surface area (Å²) in [5, 5.41) is 7.57. The van der Waals surface area contributed by atoms with Crippen LogP contribution in [0.4, 0.5) is 0 Å². The van der Waals surface area contributed by atoms with Crippen molar-refractivity contribution in [2.75, 3.05) is 6.61 Å². The Bertz CT molecular complexity index is 410. The van der Waals surface area contributed by atoms with Crippen LogP contribution in [0.1, 0.15) is 32.3 Å². The fourth-order valence-corrected chi connectivity index (χ4v) is 2.04. The molecular formula is C11H18O4S. The Morgan fingerprint density at radius 3 is 2.00 bits per heavy atom. The van der Waals surface area contributed by atoms with Crippen molar-refractivity contribution in [3.05, 3.63) is 29.8 Å². The number of aliphatic hydroxyl groups excluding tert-OH is 1. The van der Waals surface area contributed by atoms with Gasteiger partial charge in [-0.1, -0.05) is 32.0 Å². The van der Waals surface area contributed by atoms with Crippen molar-refractivity contribution in [1.29, 1.82) is 0 Å². The van der Waals surface area contributed by atoms with Gasteiger partial charge in [-0.05, 0) is 24.5 Å². The standard InChI is InChI=1S/C9H12O3S.C2H6O/c1-7(2)8-5-3-4-6-9(8)13(10,11)12;1-2-3/h3-7H,1-2H3,(H,10,11,12);3H,2H2,1H3. The summed E-state index contributed by atoms with van der Waals surface area (Å²) in [5.74, 6) is 0.0816. The quantitative estimate of drug-likeness (QED) is 0.783. The molecule has 0 saturated carbocycles. The fourth-order valence-electron chi connectivity index (χ4n) is 1.19. The molecule has 0 spiro atoms. The fraction of sp³-hybridized carbons (Fsp3) is 0.455. The Kier molecular flexibility index (Phi) is 6.25. The predicted molar refractivity (Wildman–Crippen MR) is 63.1 cm³/mol. The van der Waals surface area contributed by atoms with Gasteiger partial charge in [-0.2, -0.15) is 8.42 Å². The average molecular weight is 246 g/mol. The Morgan fingerprint density at radius 2 is 1.69 bits per heavy atom. The monoisotopic (exact) mass is 246 g/mol. The molecule has 0 saturated heterocycles. The van der Waals surface area contributed by atoms with Gasteiger partial charge in [0.25, 0.3) is 10.1 Å². The largest absolute Gasteiger partial charge is 0.397 e. The van der Waals surface area contributed by atoms with Gasteiger partial charge in [0.2, 0.25) is 0 Å². The van der Waals surface area contributed by atoms with E-state index in [1.54, 1.807) is 25.1 Å². The van der Waals surface area contributed by atoms with Crippen molar-refractivity contribution >= 4 is 10.1 Å². The third-order valence-corrected chi connectivity index (χ3v) is 2.75. The molecule has 0 atom stereocenters. The van der Waals surface area contributed by atoms with E-state index in [0.29, 0.717) is 5.56 Å². The molecule has 0 bridgehead atoms. The van der Waals surface area contributed by atoms with Crippen LogP contribution in [-0.4, -0.2) is 24.7 Å². The maximum atomic E-state index is 10.9. The molecule has 1 aromatic carbocycles. The maximum Gasteiger partial charge on any atom is 0.294 e. The molecule has 0 unspecified atom stereocenters. The number of aliphatic hydroxyl groups is 1. The smallest absolute Gasteiger partial charge is 0.294 e. The first-order valence-electron chi connectivity index (χ1n) is 5.01. The summed E-state index contributed by atoms with van der Waals surface area (Å²) in [6.07, 6.45) is 0.